The summed E-state index contributed by atoms with van der Waals surface area (Å²) < 4.78 is 0. The van der Waals surface area contributed by atoms with E-state index in [1.54, 1.807) is 0 Å². The molecule has 1 aliphatic heterocycles. The molecule has 1 aliphatic carbocycles. The predicted molar refractivity (Wildman–Crippen MR) is 94.5 cm³/mol. The fraction of sp³-hybridized carbons (Fsp3) is 0.611. The SMILES string of the molecule is CC(C)(C)C1CCSC(Nc2cccc3c2CCCC3)=N1. The van der Waals surface area contributed by atoms with Gasteiger partial charge in [0.25, 0.3) is 0 Å². The number of hydrogen-bond acceptors (Lipinski definition) is 3. The minimum Gasteiger partial charge on any atom is -0.335 e. The number of nitrogens with one attached hydrogen (secondary N) is 1. The van der Waals surface area contributed by atoms with Gasteiger partial charge in [0, 0.05) is 11.4 Å². The lowest BCUT2D eigenvalue weighted by molar-refractivity contribution is 0.316. The van der Waals surface area contributed by atoms with Crippen molar-refractivity contribution in [2.75, 3.05) is 11.1 Å². The molecule has 0 saturated heterocycles. The summed E-state index contributed by atoms with van der Waals surface area (Å²) in [6.07, 6.45) is 6.27. The smallest absolute Gasteiger partial charge is 0.161 e. The molecule has 0 bridgehead atoms. The third-order valence-corrected chi connectivity index (χ3v) is 5.46. The van der Waals surface area contributed by atoms with Crippen LogP contribution in [0.25, 0.3) is 0 Å². The largest absolute Gasteiger partial charge is 0.335 e. The summed E-state index contributed by atoms with van der Waals surface area (Å²) in [6, 6.07) is 7.11. The Morgan fingerprint density at radius 1 is 1.19 bits per heavy atom. The van der Waals surface area contributed by atoms with Crippen LogP contribution < -0.4 is 5.32 Å². The summed E-state index contributed by atoms with van der Waals surface area (Å²) in [7, 11) is 0. The second kappa shape index (κ2) is 6.04. The van der Waals surface area contributed by atoms with Crippen molar-refractivity contribution in [1.82, 2.24) is 0 Å². The second-order valence-electron chi connectivity index (χ2n) is 7.23. The first-order valence-corrected chi connectivity index (χ1v) is 9.11. The molecule has 1 unspecified atom stereocenters. The van der Waals surface area contributed by atoms with Crippen LogP contribution in [0.2, 0.25) is 0 Å². The highest BCUT2D eigenvalue weighted by Gasteiger charge is 2.27. The summed E-state index contributed by atoms with van der Waals surface area (Å²) in [4.78, 5) is 4.97. The standard InChI is InChI=1S/C18H26N2S/c1-18(2,3)16-11-12-21-17(20-16)19-15-10-6-8-13-7-4-5-9-14(13)15/h6,8,10,16H,4-5,7,9,11-12H2,1-3H3,(H,19,20). The van der Waals surface area contributed by atoms with Crippen molar-refractivity contribution in [1.29, 1.82) is 0 Å². The molecule has 1 aromatic rings. The Morgan fingerprint density at radius 2 is 2.00 bits per heavy atom. The van der Waals surface area contributed by atoms with Gasteiger partial charge in [-0.2, -0.15) is 0 Å². The Kier molecular flexibility index (Phi) is 4.30. The Balaban J connectivity index is 1.82. The summed E-state index contributed by atoms with van der Waals surface area (Å²) in [5.41, 5.74) is 4.59. The van der Waals surface area contributed by atoms with E-state index in [4.69, 9.17) is 4.99 Å². The molecule has 21 heavy (non-hydrogen) atoms. The number of aliphatic imine (C=N–C) groups is 1. The monoisotopic (exact) mass is 302 g/mol. The Bertz CT molecular complexity index is 543. The summed E-state index contributed by atoms with van der Waals surface area (Å²) in [5, 5.41) is 4.74. The first-order chi connectivity index (χ1) is 10.0. The predicted octanol–water partition coefficient (Wildman–Crippen LogP) is 4.88. The molecule has 3 heteroatoms. The van der Waals surface area contributed by atoms with Crippen LogP contribution in [-0.4, -0.2) is 17.0 Å². The minimum atomic E-state index is 0.254. The lowest BCUT2D eigenvalue weighted by Gasteiger charge is -2.31. The number of fused-ring (bicyclic) bond motifs is 1. The molecule has 0 fully saturated rings. The number of amidine groups is 1. The molecule has 1 N–H and O–H groups in total. The van der Waals surface area contributed by atoms with Crippen molar-refractivity contribution in [2.45, 2.75) is 58.9 Å². The molecule has 114 valence electrons. The van der Waals surface area contributed by atoms with Crippen LogP contribution in [0.3, 0.4) is 0 Å². The zero-order valence-electron chi connectivity index (χ0n) is 13.4. The third-order valence-electron chi connectivity index (χ3n) is 4.54. The van der Waals surface area contributed by atoms with E-state index in [2.05, 4.69) is 44.3 Å². The van der Waals surface area contributed by atoms with Crippen molar-refractivity contribution < 1.29 is 0 Å². The van der Waals surface area contributed by atoms with Crippen molar-refractivity contribution in [2.24, 2.45) is 10.4 Å². The zero-order chi connectivity index (χ0) is 14.9. The Labute approximate surface area is 132 Å². The van der Waals surface area contributed by atoms with E-state index in [0.29, 0.717) is 6.04 Å². The van der Waals surface area contributed by atoms with Crippen LogP contribution in [0.5, 0.6) is 0 Å². The van der Waals surface area contributed by atoms with Crippen LogP contribution in [0.1, 0.15) is 51.2 Å². The van der Waals surface area contributed by atoms with Crippen LogP contribution in [0.4, 0.5) is 5.69 Å². The lowest BCUT2D eigenvalue weighted by atomic mass is 9.85. The topological polar surface area (TPSA) is 24.4 Å². The number of thioether (sulfide) groups is 1. The fourth-order valence-electron chi connectivity index (χ4n) is 3.22. The normalized spacial score (nSPS) is 22.4. The van der Waals surface area contributed by atoms with E-state index in [-0.39, 0.29) is 5.41 Å². The number of anilines is 1. The van der Waals surface area contributed by atoms with E-state index in [1.165, 1.54) is 54.7 Å². The molecule has 0 aromatic heterocycles. The maximum Gasteiger partial charge on any atom is 0.161 e. The molecule has 2 aliphatic rings. The van der Waals surface area contributed by atoms with E-state index in [9.17, 15) is 0 Å². The molecule has 0 saturated carbocycles. The van der Waals surface area contributed by atoms with Gasteiger partial charge < -0.3 is 5.32 Å². The quantitative estimate of drug-likeness (QED) is 0.799. The van der Waals surface area contributed by atoms with Crippen molar-refractivity contribution in [3.63, 3.8) is 0 Å². The van der Waals surface area contributed by atoms with E-state index < -0.39 is 0 Å². The maximum absolute atomic E-state index is 4.97. The maximum atomic E-state index is 4.97. The van der Waals surface area contributed by atoms with Gasteiger partial charge in [-0.3, -0.25) is 4.99 Å². The van der Waals surface area contributed by atoms with Gasteiger partial charge in [0.15, 0.2) is 5.17 Å². The molecular weight excluding hydrogens is 276 g/mol. The highest BCUT2D eigenvalue weighted by Crippen LogP contribution is 2.33. The van der Waals surface area contributed by atoms with Crippen molar-refractivity contribution in [3.05, 3.63) is 29.3 Å². The van der Waals surface area contributed by atoms with Gasteiger partial charge in [0.1, 0.15) is 0 Å². The van der Waals surface area contributed by atoms with E-state index in [0.717, 1.165) is 5.17 Å². The van der Waals surface area contributed by atoms with Crippen molar-refractivity contribution >= 4 is 22.6 Å². The zero-order valence-corrected chi connectivity index (χ0v) is 14.2. The molecule has 1 heterocycles. The van der Waals surface area contributed by atoms with E-state index >= 15 is 0 Å². The van der Waals surface area contributed by atoms with Crippen LogP contribution in [0.15, 0.2) is 23.2 Å². The van der Waals surface area contributed by atoms with Gasteiger partial charge >= 0.3 is 0 Å². The highest BCUT2D eigenvalue weighted by atomic mass is 32.2. The lowest BCUT2D eigenvalue weighted by Crippen LogP contribution is -2.30. The van der Waals surface area contributed by atoms with Gasteiger partial charge in [-0.1, -0.05) is 44.7 Å². The molecule has 3 rings (SSSR count). The average Bonchev–Trinajstić information content (AvgIpc) is 2.47. The van der Waals surface area contributed by atoms with Gasteiger partial charge in [-0.05, 0) is 54.7 Å². The van der Waals surface area contributed by atoms with Gasteiger partial charge in [0.05, 0.1) is 6.04 Å². The summed E-state index contributed by atoms with van der Waals surface area (Å²) >= 11 is 1.87. The van der Waals surface area contributed by atoms with Gasteiger partial charge in [-0.25, -0.2) is 0 Å². The molecule has 2 nitrogen and oxygen atoms in total. The van der Waals surface area contributed by atoms with Crippen LogP contribution >= 0.6 is 11.8 Å². The second-order valence-corrected chi connectivity index (χ2v) is 8.31. The Hall–Kier alpha value is -0.960. The van der Waals surface area contributed by atoms with E-state index in [1.807, 2.05) is 11.8 Å². The van der Waals surface area contributed by atoms with Gasteiger partial charge in [-0.15, -0.1) is 0 Å². The van der Waals surface area contributed by atoms with Crippen LogP contribution in [-0.2, 0) is 12.8 Å². The molecular formula is C18H26N2S. The highest BCUT2D eigenvalue weighted by molar-refractivity contribution is 8.14. The number of aryl methyl sites for hydroxylation is 1. The van der Waals surface area contributed by atoms with Gasteiger partial charge in [0.2, 0.25) is 0 Å². The first-order valence-electron chi connectivity index (χ1n) is 8.12. The molecule has 0 amide bonds. The number of benzene rings is 1. The minimum absolute atomic E-state index is 0.254. The molecule has 1 atom stereocenters. The molecule has 1 aromatic carbocycles. The summed E-state index contributed by atoms with van der Waals surface area (Å²) in [5.74, 6) is 1.17. The summed E-state index contributed by atoms with van der Waals surface area (Å²) in [6.45, 7) is 6.87. The first kappa shape index (κ1) is 15.0. The third kappa shape index (κ3) is 3.45. The molecule has 0 radical (unpaired) electrons. The van der Waals surface area contributed by atoms with Crippen molar-refractivity contribution in [3.8, 4) is 0 Å². The van der Waals surface area contributed by atoms with Crippen LogP contribution in [0, 0.1) is 5.41 Å². The Morgan fingerprint density at radius 3 is 2.81 bits per heavy atom. The molecule has 0 spiro atoms. The number of nitrogens with zero attached hydrogens (tertiary/aromatic N) is 1. The number of hydrogen-bond donors (Lipinski definition) is 1. The number of rotatable bonds is 1. The fourth-order valence-corrected chi connectivity index (χ4v) is 4.14. The average molecular weight is 302 g/mol.